The summed E-state index contributed by atoms with van der Waals surface area (Å²) in [6, 6.07) is 0. The lowest BCUT2D eigenvalue weighted by atomic mass is 10.5. The van der Waals surface area contributed by atoms with Crippen molar-refractivity contribution in [2.45, 2.75) is 6.42 Å². The monoisotopic (exact) mass is 371 g/mol. The van der Waals surface area contributed by atoms with Crippen LogP contribution < -0.4 is 5.48 Å². The van der Waals surface area contributed by atoms with Crippen molar-refractivity contribution in [3.63, 3.8) is 0 Å². The lowest BCUT2D eigenvalue weighted by Gasteiger charge is -1.99. The van der Waals surface area contributed by atoms with Crippen molar-refractivity contribution < 1.29 is 12.7 Å². The van der Waals surface area contributed by atoms with Crippen molar-refractivity contribution in [2.24, 2.45) is 0 Å². The van der Waals surface area contributed by atoms with Crippen molar-refractivity contribution in [1.29, 1.82) is 0 Å². The zero-order valence-electron chi connectivity index (χ0n) is 5.10. The van der Waals surface area contributed by atoms with Gasteiger partial charge in [0.1, 0.15) is 23.0 Å². The van der Waals surface area contributed by atoms with E-state index in [4.69, 9.17) is 3.07 Å². The van der Waals surface area contributed by atoms with Crippen LogP contribution in [0.4, 0.5) is 4.79 Å². The van der Waals surface area contributed by atoms with Gasteiger partial charge < -0.3 is 7.90 Å². The van der Waals surface area contributed by atoms with Gasteiger partial charge in [-0.25, -0.2) is 4.79 Å². The maximum absolute atomic E-state index is 10.1. The minimum atomic E-state index is -0.354. The Morgan fingerprint density at radius 2 is 2.30 bits per heavy atom. The second-order valence-electron chi connectivity index (χ2n) is 1.40. The molecule has 0 heterocycles. The minimum Gasteiger partial charge on any atom is -0.363 e. The van der Waals surface area contributed by atoms with E-state index in [1.165, 1.54) is 0 Å². The number of hydrogen-bond acceptors (Lipinski definition) is 4. The van der Waals surface area contributed by atoms with Gasteiger partial charge in [-0.3, -0.25) is 0 Å². The predicted molar refractivity (Wildman–Crippen MR) is 53.1 cm³/mol. The zero-order valence-corrected chi connectivity index (χ0v) is 9.42. The van der Waals surface area contributed by atoms with E-state index in [0.29, 0.717) is 13.2 Å². The molecule has 10 heavy (non-hydrogen) atoms. The summed E-state index contributed by atoms with van der Waals surface area (Å²) in [4.78, 5) is 14.6. The highest BCUT2D eigenvalue weighted by atomic mass is 127. The van der Waals surface area contributed by atoms with Crippen molar-refractivity contribution in [3.8, 4) is 0 Å². The standard InChI is InChI=1S/C4H7I2NO3/c5-4(8)10-7-2-1-3-9-6/h7H,1-3H2. The van der Waals surface area contributed by atoms with Crippen molar-refractivity contribution in [3.05, 3.63) is 0 Å². The fourth-order valence-electron chi connectivity index (χ4n) is 0.307. The average molecular weight is 371 g/mol. The number of carbonyl (C=O) groups is 1. The first-order chi connectivity index (χ1) is 4.77. The van der Waals surface area contributed by atoms with E-state index in [1.54, 1.807) is 22.6 Å². The summed E-state index contributed by atoms with van der Waals surface area (Å²) in [6.45, 7) is 1.28. The van der Waals surface area contributed by atoms with Crippen molar-refractivity contribution in [2.75, 3.05) is 13.2 Å². The molecular formula is C4H7I2NO3. The van der Waals surface area contributed by atoms with Gasteiger partial charge in [-0.05, 0) is 6.42 Å². The van der Waals surface area contributed by atoms with E-state index in [-0.39, 0.29) is 3.98 Å². The van der Waals surface area contributed by atoms with E-state index in [0.717, 1.165) is 6.42 Å². The highest BCUT2D eigenvalue weighted by Crippen LogP contribution is 1.89. The molecule has 4 nitrogen and oxygen atoms in total. The fraction of sp³-hybridized carbons (Fsp3) is 0.750. The molecule has 0 fully saturated rings. The molecule has 0 unspecified atom stereocenters. The molecule has 0 radical (unpaired) electrons. The van der Waals surface area contributed by atoms with Gasteiger partial charge in [0.05, 0.1) is 29.2 Å². The number of hydroxylamine groups is 1. The third-order valence-electron chi connectivity index (χ3n) is 0.653. The number of carbonyl (C=O) groups excluding carboxylic acids is 1. The molecule has 1 N–H and O–H groups in total. The van der Waals surface area contributed by atoms with Crippen molar-refractivity contribution in [1.82, 2.24) is 5.48 Å². The number of rotatable bonds is 5. The van der Waals surface area contributed by atoms with Crippen LogP contribution in [0.5, 0.6) is 0 Å². The molecule has 0 aliphatic heterocycles. The normalized spacial score (nSPS) is 9.40. The quantitative estimate of drug-likeness (QED) is 0.347. The lowest BCUT2D eigenvalue weighted by molar-refractivity contribution is 0.116. The second-order valence-corrected chi connectivity index (χ2v) is 2.90. The van der Waals surface area contributed by atoms with Crippen molar-refractivity contribution >= 4 is 49.6 Å². The van der Waals surface area contributed by atoms with Crippen LogP contribution in [0.25, 0.3) is 0 Å². The molecule has 0 aromatic carbocycles. The molecule has 0 bridgehead atoms. The van der Waals surface area contributed by atoms with Crippen LogP contribution >= 0.6 is 45.6 Å². The Hall–Kier alpha value is 0.850. The van der Waals surface area contributed by atoms with E-state index < -0.39 is 0 Å². The Morgan fingerprint density at radius 1 is 1.60 bits per heavy atom. The van der Waals surface area contributed by atoms with Gasteiger partial charge >= 0.3 is 3.98 Å². The van der Waals surface area contributed by atoms with Crippen LogP contribution in [-0.2, 0) is 7.90 Å². The summed E-state index contributed by atoms with van der Waals surface area (Å²) in [6.07, 6.45) is 0.826. The molecule has 0 aliphatic carbocycles. The van der Waals surface area contributed by atoms with Gasteiger partial charge in [0, 0.05) is 6.54 Å². The molecule has 0 atom stereocenters. The van der Waals surface area contributed by atoms with Crippen LogP contribution in [0.15, 0.2) is 0 Å². The Bertz CT molecular complexity index is 101. The van der Waals surface area contributed by atoms with Gasteiger partial charge in [-0.15, -0.1) is 0 Å². The van der Waals surface area contributed by atoms with Gasteiger partial charge in [0.2, 0.25) is 0 Å². The number of halogens is 2. The summed E-state index contributed by atoms with van der Waals surface area (Å²) < 4.78 is 4.38. The molecule has 0 rings (SSSR count). The number of nitrogens with one attached hydrogen (secondary N) is 1. The summed E-state index contributed by atoms with van der Waals surface area (Å²) >= 11 is 3.36. The van der Waals surface area contributed by atoms with E-state index in [2.05, 4.69) is 10.3 Å². The van der Waals surface area contributed by atoms with Crippen LogP contribution in [0, 0.1) is 0 Å². The molecule has 60 valence electrons. The molecule has 0 saturated carbocycles. The molecule has 0 saturated heterocycles. The smallest absolute Gasteiger partial charge is 0.363 e. The lowest BCUT2D eigenvalue weighted by Crippen LogP contribution is -2.17. The van der Waals surface area contributed by atoms with Gasteiger partial charge in [0.25, 0.3) is 0 Å². The maximum atomic E-state index is 10.1. The van der Waals surface area contributed by atoms with Crippen LogP contribution in [0.1, 0.15) is 6.42 Å². The Kier molecular flexibility index (Phi) is 8.63. The van der Waals surface area contributed by atoms with Crippen LogP contribution in [0.2, 0.25) is 0 Å². The van der Waals surface area contributed by atoms with Crippen LogP contribution in [0.3, 0.4) is 0 Å². The maximum Gasteiger partial charge on any atom is 0.385 e. The number of hydrogen-bond donors (Lipinski definition) is 1. The summed E-state index contributed by atoms with van der Waals surface area (Å²) in [5.74, 6) is 0. The second kappa shape index (κ2) is 7.95. The summed E-state index contributed by atoms with van der Waals surface area (Å²) in [5, 5.41) is 0. The molecule has 0 aliphatic rings. The average Bonchev–Trinajstić information content (AvgIpc) is 1.87. The largest absolute Gasteiger partial charge is 0.385 e. The third kappa shape index (κ3) is 8.85. The SMILES string of the molecule is O=C(I)ONCCCOI. The highest BCUT2D eigenvalue weighted by molar-refractivity contribution is 14.1. The highest BCUT2D eigenvalue weighted by Gasteiger charge is 1.92. The van der Waals surface area contributed by atoms with Gasteiger partial charge in [-0.1, -0.05) is 0 Å². The minimum absolute atomic E-state index is 0.354. The first kappa shape index (κ1) is 10.8. The molecule has 0 amide bonds. The summed E-state index contributed by atoms with van der Waals surface area (Å²) in [7, 11) is 0. The van der Waals surface area contributed by atoms with E-state index in [1.807, 2.05) is 23.0 Å². The molecule has 6 heteroatoms. The fourth-order valence-corrected chi connectivity index (χ4v) is 0.774. The molecule has 0 aromatic rings. The van der Waals surface area contributed by atoms with Crippen LogP contribution in [-0.4, -0.2) is 17.1 Å². The zero-order chi connectivity index (χ0) is 7.82. The topological polar surface area (TPSA) is 47.6 Å². The van der Waals surface area contributed by atoms with Gasteiger partial charge in [-0.2, -0.15) is 5.48 Å². The van der Waals surface area contributed by atoms with Gasteiger partial charge in [0.15, 0.2) is 0 Å². The van der Waals surface area contributed by atoms with E-state index in [9.17, 15) is 4.79 Å². The Morgan fingerprint density at radius 3 is 2.80 bits per heavy atom. The predicted octanol–water partition coefficient (Wildman–Crippen LogP) is 1.82. The Balaban J connectivity index is 2.84. The Labute approximate surface area is 86.8 Å². The first-order valence-corrected chi connectivity index (χ1v) is 4.56. The molecular weight excluding hydrogens is 364 g/mol. The molecule has 0 spiro atoms. The van der Waals surface area contributed by atoms with E-state index >= 15 is 0 Å². The molecule has 0 aromatic heterocycles. The first-order valence-electron chi connectivity index (χ1n) is 2.60. The summed E-state index contributed by atoms with van der Waals surface area (Å²) in [5.41, 5.74) is 2.48. The third-order valence-corrected chi connectivity index (χ3v) is 1.31.